The number of rotatable bonds is 2. The Bertz CT molecular complexity index is 576. The lowest BCUT2D eigenvalue weighted by atomic mass is 10.3. The van der Waals surface area contributed by atoms with E-state index in [-0.39, 0.29) is 4.87 Å². The van der Waals surface area contributed by atoms with Crippen LogP contribution in [0.4, 0.5) is 0 Å². The molecule has 0 fully saturated rings. The fourth-order valence-corrected chi connectivity index (χ4v) is 2.38. The van der Waals surface area contributed by atoms with Gasteiger partial charge >= 0.3 is 4.87 Å². The van der Waals surface area contributed by atoms with Gasteiger partial charge in [-0.3, -0.25) is 9.36 Å². The maximum absolute atomic E-state index is 11.5. The Balaban J connectivity index is 2.41. The summed E-state index contributed by atoms with van der Waals surface area (Å²) in [5.41, 5.74) is 1.51. The third-order valence-electron chi connectivity index (χ3n) is 2.17. The van der Waals surface area contributed by atoms with Crippen LogP contribution in [0.25, 0.3) is 0 Å². The van der Waals surface area contributed by atoms with E-state index in [4.69, 9.17) is 23.2 Å². The Labute approximate surface area is 106 Å². The van der Waals surface area contributed by atoms with Gasteiger partial charge in [0.05, 0.1) is 17.3 Å². The van der Waals surface area contributed by atoms with Crippen LogP contribution in [0, 0.1) is 6.92 Å². The number of hydrogen-bond acceptors (Lipinski definition) is 3. The summed E-state index contributed by atoms with van der Waals surface area (Å²) < 4.78 is 1.62. The topological polar surface area (TPSA) is 34.9 Å². The van der Waals surface area contributed by atoms with Gasteiger partial charge in [0.1, 0.15) is 5.15 Å². The Morgan fingerprint density at radius 1 is 1.44 bits per heavy atom. The Morgan fingerprint density at radius 3 is 2.81 bits per heavy atom. The molecular formula is C10H8Cl2N2OS. The van der Waals surface area contributed by atoms with Gasteiger partial charge in [0, 0.05) is 11.1 Å². The molecule has 0 atom stereocenters. The number of pyridine rings is 1. The van der Waals surface area contributed by atoms with Crippen molar-refractivity contribution in [3.63, 3.8) is 0 Å². The minimum Gasteiger partial charge on any atom is -0.297 e. The summed E-state index contributed by atoms with van der Waals surface area (Å²) in [5, 5.41) is 2.70. The highest BCUT2D eigenvalue weighted by atomic mass is 35.5. The van der Waals surface area contributed by atoms with E-state index in [0.29, 0.717) is 22.4 Å². The molecule has 0 saturated heterocycles. The van der Waals surface area contributed by atoms with Crippen LogP contribution < -0.4 is 4.87 Å². The Kier molecular flexibility index (Phi) is 3.33. The molecule has 0 radical (unpaired) electrons. The molecular weight excluding hydrogens is 267 g/mol. The molecule has 2 rings (SSSR count). The predicted molar refractivity (Wildman–Crippen MR) is 66.7 cm³/mol. The van der Waals surface area contributed by atoms with Gasteiger partial charge in [-0.05, 0) is 19.1 Å². The fourth-order valence-electron chi connectivity index (χ4n) is 1.31. The van der Waals surface area contributed by atoms with Crippen LogP contribution in [0.5, 0.6) is 0 Å². The molecule has 0 aromatic carbocycles. The largest absolute Gasteiger partial charge is 0.307 e. The monoisotopic (exact) mass is 274 g/mol. The lowest BCUT2D eigenvalue weighted by Crippen LogP contribution is -2.16. The van der Waals surface area contributed by atoms with Crippen molar-refractivity contribution in [2.45, 2.75) is 13.5 Å². The van der Waals surface area contributed by atoms with Gasteiger partial charge in [0.25, 0.3) is 0 Å². The molecule has 2 heterocycles. The van der Waals surface area contributed by atoms with E-state index < -0.39 is 0 Å². The van der Waals surface area contributed by atoms with Crippen molar-refractivity contribution >= 4 is 34.5 Å². The third kappa shape index (κ3) is 2.29. The molecule has 0 aliphatic rings. The smallest absolute Gasteiger partial charge is 0.297 e. The predicted octanol–water partition coefficient (Wildman–Crippen LogP) is 2.97. The quantitative estimate of drug-likeness (QED) is 0.790. The highest BCUT2D eigenvalue weighted by molar-refractivity contribution is 7.07. The average Bonchev–Trinajstić information content (AvgIpc) is 2.55. The highest BCUT2D eigenvalue weighted by Gasteiger charge is 2.08. The van der Waals surface area contributed by atoms with Gasteiger partial charge in [-0.1, -0.05) is 34.5 Å². The first kappa shape index (κ1) is 11.6. The zero-order valence-corrected chi connectivity index (χ0v) is 10.7. The third-order valence-corrected chi connectivity index (χ3v) is 3.60. The number of halogens is 2. The first-order valence-electron chi connectivity index (χ1n) is 4.54. The number of aromatic nitrogens is 2. The lowest BCUT2D eigenvalue weighted by molar-refractivity contribution is 0.736. The van der Waals surface area contributed by atoms with Crippen molar-refractivity contribution in [2.24, 2.45) is 0 Å². The summed E-state index contributed by atoms with van der Waals surface area (Å²) in [7, 11) is 0. The molecule has 16 heavy (non-hydrogen) atoms. The van der Waals surface area contributed by atoms with Crippen LogP contribution in [0.15, 0.2) is 22.3 Å². The first-order valence-corrected chi connectivity index (χ1v) is 6.17. The standard InChI is InChI=1S/C10H8Cl2N2OS/c1-6-5-16-10(15)14(6)4-8-7(11)2-3-9(12)13-8/h2-3,5H,4H2,1H3. The van der Waals surface area contributed by atoms with Gasteiger partial charge in [-0.15, -0.1) is 0 Å². The molecule has 2 aromatic heterocycles. The van der Waals surface area contributed by atoms with E-state index in [9.17, 15) is 4.79 Å². The van der Waals surface area contributed by atoms with E-state index in [1.807, 2.05) is 6.92 Å². The van der Waals surface area contributed by atoms with E-state index in [1.54, 1.807) is 22.1 Å². The van der Waals surface area contributed by atoms with Crippen molar-refractivity contribution in [3.05, 3.63) is 48.7 Å². The first-order chi connectivity index (χ1) is 7.58. The summed E-state index contributed by atoms with van der Waals surface area (Å²) in [6.07, 6.45) is 0. The molecule has 0 spiro atoms. The Morgan fingerprint density at radius 2 is 2.19 bits per heavy atom. The molecule has 0 bridgehead atoms. The molecule has 0 amide bonds. The summed E-state index contributed by atoms with van der Waals surface area (Å²) in [5.74, 6) is 0. The van der Waals surface area contributed by atoms with Gasteiger partial charge in [-0.25, -0.2) is 4.98 Å². The molecule has 0 aliphatic carbocycles. The summed E-state index contributed by atoms with van der Waals surface area (Å²) >= 11 is 12.9. The van der Waals surface area contributed by atoms with E-state index in [1.165, 1.54) is 0 Å². The molecule has 84 valence electrons. The molecule has 3 nitrogen and oxygen atoms in total. The second-order valence-corrected chi connectivity index (χ2v) is 4.91. The number of aryl methyl sites for hydroxylation is 1. The van der Waals surface area contributed by atoms with Crippen LogP contribution >= 0.6 is 34.5 Å². The van der Waals surface area contributed by atoms with Crippen molar-refractivity contribution in [1.82, 2.24) is 9.55 Å². The number of thiazole rings is 1. The van der Waals surface area contributed by atoms with Crippen molar-refractivity contribution < 1.29 is 0 Å². The van der Waals surface area contributed by atoms with E-state index >= 15 is 0 Å². The van der Waals surface area contributed by atoms with Crippen molar-refractivity contribution in [2.75, 3.05) is 0 Å². The van der Waals surface area contributed by atoms with Crippen LogP contribution in [-0.4, -0.2) is 9.55 Å². The molecule has 0 aliphatic heterocycles. The summed E-state index contributed by atoms with van der Waals surface area (Å²) in [6, 6.07) is 3.30. The summed E-state index contributed by atoms with van der Waals surface area (Å²) in [6.45, 7) is 2.23. The van der Waals surface area contributed by atoms with Crippen molar-refractivity contribution in [1.29, 1.82) is 0 Å². The molecule has 0 N–H and O–H groups in total. The van der Waals surface area contributed by atoms with Crippen LogP contribution in [-0.2, 0) is 6.54 Å². The number of hydrogen-bond donors (Lipinski definition) is 0. The van der Waals surface area contributed by atoms with E-state index in [0.717, 1.165) is 17.0 Å². The van der Waals surface area contributed by atoms with Gasteiger partial charge in [0.15, 0.2) is 0 Å². The Hall–Kier alpha value is -0.840. The normalized spacial score (nSPS) is 10.7. The van der Waals surface area contributed by atoms with Gasteiger partial charge in [-0.2, -0.15) is 0 Å². The van der Waals surface area contributed by atoms with Crippen molar-refractivity contribution in [3.8, 4) is 0 Å². The molecule has 0 saturated carbocycles. The minimum absolute atomic E-state index is 0.0182. The second-order valence-electron chi connectivity index (χ2n) is 3.29. The molecule has 6 heteroatoms. The van der Waals surface area contributed by atoms with Crippen LogP contribution in [0.1, 0.15) is 11.4 Å². The average molecular weight is 275 g/mol. The van der Waals surface area contributed by atoms with Crippen LogP contribution in [0.2, 0.25) is 10.2 Å². The highest BCUT2D eigenvalue weighted by Crippen LogP contribution is 2.18. The lowest BCUT2D eigenvalue weighted by Gasteiger charge is -2.06. The minimum atomic E-state index is -0.0182. The zero-order chi connectivity index (χ0) is 11.7. The zero-order valence-electron chi connectivity index (χ0n) is 8.41. The van der Waals surface area contributed by atoms with Gasteiger partial charge < -0.3 is 0 Å². The van der Waals surface area contributed by atoms with Gasteiger partial charge in [0.2, 0.25) is 0 Å². The fraction of sp³-hybridized carbons (Fsp3) is 0.200. The van der Waals surface area contributed by atoms with E-state index in [2.05, 4.69) is 4.98 Å². The summed E-state index contributed by atoms with van der Waals surface area (Å²) in [4.78, 5) is 15.6. The SMILES string of the molecule is Cc1csc(=O)n1Cc1nc(Cl)ccc1Cl. The molecule has 2 aromatic rings. The maximum Gasteiger partial charge on any atom is 0.307 e. The maximum atomic E-state index is 11.5. The molecule has 0 unspecified atom stereocenters. The number of nitrogens with zero attached hydrogens (tertiary/aromatic N) is 2. The second kappa shape index (κ2) is 4.57. The van der Waals surface area contributed by atoms with Crippen LogP contribution in [0.3, 0.4) is 0 Å².